The van der Waals surface area contributed by atoms with Crippen LogP contribution in [0.15, 0.2) is 28.7 Å². The van der Waals surface area contributed by atoms with E-state index in [2.05, 4.69) is 29.8 Å². The SMILES string of the molecule is CC(C)Cc1c(Br)c2c(n1C)C(=O)c1ccccc1C2=O. The molecular weight excluding hydrogens is 330 g/mol. The van der Waals surface area contributed by atoms with E-state index in [0.29, 0.717) is 28.3 Å². The summed E-state index contributed by atoms with van der Waals surface area (Å²) in [5, 5.41) is 0. The second-order valence-electron chi connectivity index (χ2n) is 5.85. The number of halogens is 1. The van der Waals surface area contributed by atoms with E-state index in [1.54, 1.807) is 24.3 Å². The summed E-state index contributed by atoms with van der Waals surface area (Å²) >= 11 is 3.54. The van der Waals surface area contributed by atoms with E-state index in [1.807, 2.05) is 11.6 Å². The lowest BCUT2D eigenvalue weighted by Crippen LogP contribution is -2.22. The summed E-state index contributed by atoms with van der Waals surface area (Å²) in [7, 11) is 1.86. The average Bonchev–Trinajstić information content (AvgIpc) is 2.69. The number of hydrogen-bond acceptors (Lipinski definition) is 2. The Bertz CT molecular complexity index is 713. The van der Waals surface area contributed by atoms with Gasteiger partial charge in [-0.05, 0) is 28.3 Å². The number of hydrogen-bond donors (Lipinski definition) is 0. The molecule has 0 fully saturated rings. The molecule has 0 saturated carbocycles. The molecule has 1 aromatic heterocycles. The molecule has 1 aliphatic carbocycles. The zero-order chi connectivity index (χ0) is 15.3. The van der Waals surface area contributed by atoms with Gasteiger partial charge in [0.05, 0.1) is 10.0 Å². The van der Waals surface area contributed by atoms with Crippen molar-refractivity contribution in [1.82, 2.24) is 4.57 Å². The van der Waals surface area contributed by atoms with Gasteiger partial charge in [-0.3, -0.25) is 9.59 Å². The predicted octanol–water partition coefficient (Wildman–Crippen LogP) is 3.76. The molecule has 1 aliphatic rings. The third kappa shape index (κ3) is 2.01. The zero-order valence-corrected chi connectivity index (χ0v) is 13.8. The smallest absolute Gasteiger partial charge is 0.210 e. The summed E-state index contributed by atoms with van der Waals surface area (Å²) in [6, 6.07) is 7.03. The van der Waals surface area contributed by atoms with Crippen molar-refractivity contribution in [3.05, 3.63) is 56.8 Å². The fraction of sp³-hybridized carbons (Fsp3) is 0.294. The van der Waals surface area contributed by atoms with Crippen LogP contribution in [0.5, 0.6) is 0 Å². The summed E-state index contributed by atoms with van der Waals surface area (Å²) < 4.78 is 2.64. The molecule has 3 rings (SSSR count). The highest BCUT2D eigenvalue weighted by Gasteiger charge is 2.36. The number of carbonyl (C=O) groups is 2. The van der Waals surface area contributed by atoms with Crippen molar-refractivity contribution in [3.63, 3.8) is 0 Å². The predicted molar refractivity (Wildman–Crippen MR) is 85.0 cm³/mol. The first-order valence-electron chi connectivity index (χ1n) is 6.99. The summed E-state index contributed by atoms with van der Waals surface area (Å²) in [4.78, 5) is 25.5. The van der Waals surface area contributed by atoms with E-state index in [9.17, 15) is 9.59 Å². The van der Waals surface area contributed by atoms with Crippen LogP contribution < -0.4 is 0 Å². The third-order valence-electron chi connectivity index (χ3n) is 3.91. The normalized spacial score (nSPS) is 13.6. The second-order valence-corrected chi connectivity index (χ2v) is 6.64. The van der Waals surface area contributed by atoms with Gasteiger partial charge in [-0.1, -0.05) is 38.1 Å². The number of rotatable bonds is 2. The van der Waals surface area contributed by atoms with Crippen molar-refractivity contribution in [1.29, 1.82) is 0 Å². The lowest BCUT2D eigenvalue weighted by atomic mass is 9.88. The second kappa shape index (κ2) is 4.95. The molecule has 2 aromatic rings. The molecule has 21 heavy (non-hydrogen) atoms. The molecule has 108 valence electrons. The topological polar surface area (TPSA) is 39.1 Å². The summed E-state index contributed by atoms with van der Waals surface area (Å²) in [5.41, 5.74) is 3.01. The minimum atomic E-state index is -0.0716. The van der Waals surface area contributed by atoms with E-state index in [0.717, 1.165) is 16.6 Å². The van der Waals surface area contributed by atoms with Crippen LogP contribution in [-0.2, 0) is 13.5 Å². The van der Waals surface area contributed by atoms with Gasteiger partial charge in [-0.15, -0.1) is 0 Å². The first-order valence-corrected chi connectivity index (χ1v) is 7.78. The number of carbonyl (C=O) groups excluding carboxylic acids is 2. The van der Waals surface area contributed by atoms with Crippen LogP contribution in [0, 0.1) is 5.92 Å². The minimum absolute atomic E-state index is 0.0709. The molecule has 0 N–H and O–H groups in total. The zero-order valence-electron chi connectivity index (χ0n) is 12.2. The fourth-order valence-electron chi connectivity index (χ4n) is 2.93. The molecule has 1 heterocycles. The molecule has 1 aromatic carbocycles. The van der Waals surface area contributed by atoms with Crippen molar-refractivity contribution >= 4 is 27.5 Å². The van der Waals surface area contributed by atoms with Gasteiger partial charge in [0.25, 0.3) is 0 Å². The van der Waals surface area contributed by atoms with Gasteiger partial charge in [0.15, 0.2) is 5.78 Å². The maximum absolute atomic E-state index is 12.7. The van der Waals surface area contributed by atoms with Crippen molar-refractivity contribution in [2.24, 2.45) is 13.0 Å². The van der Waals surface area contributed by atoms with Gasteiger partial charge < -0.3 is 4.57 Å². The highest BCUT2D eigenvalue weighted by atomic mass is 79.9. The molecule has 3 nitrogen and oxygen atoms in total. The van der Waals surface area contributed by atoms with Crippen LogP contribution in [0.1, 0.15) is 51.5 Å². The molecule has 0 amide bonds. The number of benzene rings is 1. The summed E-state index contributed by atoms with van der Waals surface area (Å²) in [6.07, 6.45) is 0.820. The summed E-state index contributed by atoms with van der Waals surface area (Å²) in [5.74, 6) is 0.306. The van der Waals surface area contributed by atoms with E-state index >= 15 is 0 Å². The summed E-state index contributed by atoms with van der Waals surface area (Å²) in [6.45, 7) is 4.24. The Hall–Kier alpha value is -1.68. The van der Waals surface area contributed by atoms with Gasteiger partial charge in [-0.25, -0.2) is 0 Å². The molecular formula is C17H16BrNO2. The molecule has 0 aliphatic heterocycles. The van der Waals surface area contributed by atoms with E-state index in [1.165, 1.54) is 0 Å². The van der Waals surface area contributed by atoms with Gasteiger partial charge in [0.1, 0.15) is 5.69 Å². The van der Waals surface area contributed by atoms with E-state index in [4.69, 9.17) is 0 Å². The van der Waals surface area contributed by atoms with E-state index < -0.39 is 0 Å². The average molecular weight is 346 g/mol. The Morgan fingerprint density at radius 3 is 2.24 bits per heavy atom. The maximum Gasteiger partial charge on any atom is 0.210 e. The monoisotopic (exact) mass is 345 g/mol. The molecule has 0 bridgehead atoms. The van der Waals surface area contributed by atoms with Crippen LogP contribution in [0.25, 0.3) is 0 Å². The van der Waals surface area contributed by atoms with Crippen LogP contribution in [0.4, 0.5) is 0 Å². The highest BCUT2D eigenvalue weighted by Crippen LogP contribution is 2.36. The lowest BCUT2D eigenvalue weighted by Gasteiger charge is -2.15. The van der Waals surface area contributed by atoms with Gasteiger partial charge in [0.2, 0.25) is 5.78 Å². The fourth-order valence-corrected chi connectivity index (χ4v) is 3.72. The van der Waals surface area contributed by atoms with Crippen molar-refractivity contribution in [2.75, 3.05) is 0 Å². The molecule has 0 spiro atoms. The van der Waals surface area contributed by atoms with Crippen molar-refractivity contribution < 1.29 is 9.59 Å². The molecule has 4 heteroatoms. The quantitative estimate of drug-likeness (QED) is 0.709. The number of ketones is 2. The third-order valence-corrected chi connectivity index (χ3v) is 4.76. The first kappa shape index (κ1) is 14.3. The molecule has 0 saturated heterocycles. The Morgan fingerprint density at radius 1 is 1.10 bits per heavy atom. The molecule has 0 unspecified atom stereocenters. The number of nitrogens with zero attached hydrogens (tertiary/aromatic N) is 1. The molecule has 0 radical (unpaired) electrons. The lowest BCUT2D eigenvalue weighted by molar-refractivity contribution is 0.0974. The standard InChI is InChI=1S/C17H16BrNO2/c1-9(2)8-12-14(18)13-15(19(12)3)17(21)11-7-5-4-6-10(11)16(13)20/h4-7,9H,8H2,1-3H3. The Kier molecular flexibility index (Phi) is 3.36. The Balaban J connectivity index is 2.27. The van der Waals surface area contributed by atoms with E-state index in [-0.39, 0.29) is 11.6 Å². The van der Waals surface area contributed by atoms with Gasteiger partial charge in [0, 0.05) is 23.9 Å². The minimum Gasteiger partial charge on any atom is -0.343 e. The van der Waals surface area contributed by atoms with Crippen molar-refractivity contribution in [2.45, 2.75) is 20.3 Å². The van der Waals surface area contributed by atoms with Crippen LogP contribution in [0.3, 0.4) is 0 Å². The Morgan fingerprint density at radius 2 is 1.67 bits per heavy atom. The number of aromatic nitrogens is 1. The largest absolute Gasteiger partial charge is 0.343 e. The highest BCUT2D eigenvalue weighted by molar-refractivity contribution is 9.10. The van der Waals surface area contributed by atoms with Gasteiger partial charge in [-0.2, -0.15) is 0 Å². The van der Waals surface area contributed by atoms with Crippen LogP contribution >= 0.6 is 15.9 Å². The van der Waals surface area contributed by atoms with Gasteiger partial charge >= 0.3 is 0 Å². The maximum atomic E-state index is 12.7. The Labute approximate surface area is 132 Å². The van der Waals surface area contributed by atoms with Crippen molar-refractivity contribution in [3.8, 4) is 0 Å². The first-order chi connectivity index (χ1) is 9.93. The molecule has 0 atom stereocenters. The van der Waals surface area contributed by atoms with Crippen LogP contribution in [0.2, 0.25) is 0 Å². The number of fused-ring (bicyclic) bond motifs is 2. The van der Waals surface area contributed by atoms with Crippen LogP contribution in [-0.4, -0.2) is 16.1 Å².